The number of hydrogen-bond donors (Lipinski definition) is 2. The summed E-state index contributed by atoms with van der Waals surface area (Å²) >= 11 is 4.59. The Kier molecular flexibility index (Phi) is 6.88. The number of anilines is 1. The Bertz CT molecular complexity index is 1040. The zero-order valence-electron chi connectivity index (χ0n) is 15.3. The van der Waals surface area contributed by atoms with Gasteiger partial charge in [0.05, 0.1) is 16.2 Å². The molecule has 1 unspecified atom stereocenters. The SMILES string of the molecule is CC(Sc1nc2ccccc2c(=O)n1CCCO)C(=O)Nc1ccc(Br)cc1. The number of halogens is 1. The van der Waals surface area contributed by atoms with E-state index in [-0.39, 0.29) is 18.1 Å². The van der Waals surface area contributed by atoms with Gasteiger partial charge in [-0.05, 0) is 49.7 Å². The number of thioether (sulfide) groups is 1. The minimum atomic E-state index is -0.461. The Morgan fingerprint density at radius 3 is 2.68 bits per heavy atom. The van der Waals surface area contributed by atoms with Crippen molar-refractivity contribution in [3.05, 3.63) is 63.4 Å². The number of hydrogen-bond acceptors (Lipinski definition) is 5. The zero-order valence-corrected chi connectivity index (χ0v) is 17.7. The summed E-state index contributed by atoms with van der Waals surface area (Å²) < 4.78 is 2.47. The fourth-order valence-corrected chi connectivity index (χ4v) is 3.85. The van der Waals surface area contributed by atoms with E-state index in [1.165, 1.54) is 16.3 Å². The Hall–Kier alpha value is -2.16. The van der Waals surface area contributed by atoms with Crippen LogP contribution in [0.1, 0.15) is 13.3 Å². The third-order valence-corrected chi connectivity index (χ3v) is 5.75. The number of fused-ring (bicyclic) bond motifs is 1. The van der Waals surface area contributed by atoms with Crippen LogP contribution in [0.3, 0.4) is 0 Å². The van der Waals surface area contributed by atoms with E-state index >= 15 is 0 Å². The number of amides is 1. The second kappa shape index (κ2) is 9.36. The van der Waals surface area contributed by atoms with E-state index in [4.69, 9.17) is 5.11 Å². The topological polar surface area (TPSA) is 84.2 Å². The smallest absolute Gasteiger partial charge is 0.262 e. The average Bonchev–Trinajstić information content (AvgIpc) is 2.69. The molecular formula is C20H20BrN3O3S. The molecule has 1 atom stereocenters. The van der Waals surface area contributed by atoms with E-state index in [0.717, 1.165) is 4.47 Å². The van der Waals surface area contributed by atoms with Gasteiger partial charge >= 0.3 is 0 Å². The quantitative estimate of drug-likeness (QED) is 0.414. The van der Waals surface area contributed by atoms with Crippen molar-refractivity contribution in [3.63, 3.8) is 0 Å². The number of nitrogens with one attached hydrogen (secondary N) is 1. The molecule has 2 N–H and O–H groups in total. The molecule has 146 valence electrons. The third kappa shape index (κ3) is 4.81. The molecule has 0 spiro atoms. The summed E-state index contributed by atoms with van der Waals surface area (Å²) in [5.74, 6) is -0.177. The number of carbonyl (C=O) groups is 1. The second-order valence-electron chi connectivity index (χ2n) is 6.20. The predicted octanol–water partition coefficient (Wildman–Crippen LogP) is 3.66. The molecular weight excluding hydrogens is 442 g/mol. The van der Waals surface area contributed by atoms with Crippen LogP contribution in [0.5, 0.6) is 0 Å². The molecule has 3 aromatic rings. The predicted molar refractivity (Wildman–Crippen MR) is 116 cm³/mol. The molecule has 0 saturated heterocycles. The summed E-state index contributed by atoms with van der Waals surface area (Å²) in [6, 6.07) is 14.5. The average molecular weight is 462 g/mol. The summed E-state index contributed by atoms with van der Waals surface area (Å²) in [4.78, 5) is 30.0. The monoisotopic (exact) mass is 461 g/mol. The molecule has 2 aromatic carbocycles. The highest BCUT2D eigenvalue weighted by molar-refractivity contribution is 9.10. The van der Waals surface area contributed by atoms with Crippen LogP contribution in [0.2, 0.25) is 0 Å². The highest BCUT2D eigenvalue weighted by Crippen LogP contribution is 2.24. The van der Waals surface area contributed by atoms with Crippen LogP contribution in [-0.4, -0.2) is 32.4 Å². The number of benzene rings is 2. The van der Waals surface area contributed by atoms with Crippen LogP contribution >= 0.6 is 27.7 Å². The largest absolute Gasteiger partial charge is 0.396 e. The molecule has 0 aliphatic rings. The molecule has 0 fully saturated rings. The van der Waals surface area contributed by atoms with Gasteiger partial charge in [-0.15, -0.1) is 0 Å². The van der Waals surface area contributed by atoms with Crippen LogP contribution in [0.25, 0.3) is 10.9 Å². The van der Waals surface area contributed by atoms with E-state index in [1.54, 1.807) is 25.1 Å². The maximum atomic E-state index is 12.9. The first-order valence-corrected chi connectivity index (χ1v) is 10.5. The van der Waals surface area contributed by atoms with Crippen LogP contribution in [0, 0.1) is 0 Å². The van der Waals surface area contributed by atoms with Crippen LogP contribution < -0.4 is 10.9 Å². The number of aliphatic hydroxyl groups is 1. The van der Waals surface area contributed by atoms with Crippen molar-refractivity contribution in [3.8, 4) is 0 Å². The highest BCUT2D eigenvalue weighted by atomic mass is 79.9. The van der Waals surface area contributed by atoms with E-state index in [2.05, 4.69) is 26.2 Å². The fourth-order valence-electron chi connectivity index (χ4n) is 2.65. The van der Waals surface area contributed by atoms with Crippen molar-refractivity contribution in [2.45, 2.75) is 30.3 Å². The molecule has 28 heavy (non-hydrogen) atoms. The van der Waals surface area contributed by atoms with E-state index in [1.807, 2.05) is 30.3 Å². The van der Waals surface area contributed by atoms with Gasteiger partial charge in [0.25, 0.3) is 5.56 Å². The summed E-state index contributed by atoms with van der Waals surface area (Å²) in [7, 11) is 0. The molecule has 0 aliphatic heterocycles. The van der Waals surface area contributed by atoms with Gasteiger partial charge in [-0.2, -0.15) is 0 Å². The van der Waals surface area contributed by atoms with Gasteiger partial charge in [-0.1, -0.05) is 39.8 Å². The van der Waals surface area contributed by atoms with Gasteiger partial charge in [0, 0.05) is 23.3 Å². The van der Waals surface area contributed by atoms with E-state index < -0.39 is 5.25 Å². The number of aliphatic hydroxyl groups excluding tert-OH is 1. The molecule has 0 bridgehead atoms. The Balaban J connectivity index is 1.86. The normalized spacial score (nSPS) is 12.1. The van der Waals surface area contributed by atoms with Gasteiger partial charge in [0.1, 0.15) is 0 Å². The summed E-state index contributed by atoms with van der Waals surface area (Å²) in [6.45, 7) is 2.09. The van der Waals surface area contributed by atoms with Crippen molar-refractivity contribution >= 4 is 50.2 Å². The Labute approximate surface area is 175 Å². The maximum Gasteiger partial charge on any atom is 0.262 e. The van der Waals surface area contributed by atoms with Gasteiger partial charge in [0.15, 0.2) is 5.16 Å². The van der Waals surface area contributed by atoms with Gasteiger partial charge in [-0.25, -0.2) is 4.98 Å². The summed E-state index contributed by atoms with van der Waals surface area (Å²) in [6.07, 6.45) is 0.437. The Morgan fingerprint density at radius 2 is 1.96 bits per heavy atom. The minimum absolute atomic E-state index is 0.0248. The standard InChI is InChI=1S/C20H20BrN3O3S/c1-13(18(26)22-15-9-7-14(21)8-10-15)28-20-23-17-6-3-2-5-16(17)19(27)24(20)11-4-12-25/h2-3,5-10,13,25H,4,11-12H2,1H3,(H,22,26). The lowest BCUT2D eigenvalue weighted by atomic mass is 10.2. The van der Waals surface area contributed by atoms with Crippen molar-refractivity contribution in [2.75, 3.05) is 11.9 Å². The van der Waals surface area contributed by atoms with E-state index in [9.17, 15) is 9.59 Å². The number of para-hydroxylation sites is 1. The molecule has 0 saturated carbocycles. The summed E-state index contributed by atoms with van der Waals surface area (Å²) in [5, 5.41) is 12.6. The van der Waals surface area contributed by atoms with E-state index in [0.29, 0.717) is 34.7 Å². The molecule has 0 aliphatic carbocycles. The maximum absolute atomic E-state index is 12.9. The lowest BCUT2D eigenvalue weighted by Crippen LogP contribution is -2.27. The van der Waals surface area contributed by atoms with Crippen LogP contribution in [-0.2, 0) is 11.3 Å². The molecule has 1 amide bonds. The number of aromatic nitrogens is 2. The Morgan fingerprint density at radius 1 is 1.25 bits per heavy atom. The van der Waals surface area contributed by atoms with Crippen molar-refractivity contribution in [2.24, 2.45) is 0 Å². The third-order valence-electron chi connectivity index (χ3n) is 4.13. The highest BCUT2D eigenvalue weighted by Gasteiger charge is 2.19. The lowest BCUT2D eigenvalue weighted by Gasteiger charge is -2.16. The zero-order chi connectivity index (χ0) is 20.1. The van der Waals surface area contributed by atoms with Crippen LogP contribution in [0.4, 0.5) is 5.69 Å². The molecule has 6 nitrogen and oxygen atoms in total. The molecule has 1 aromatic heterocycles. The first-order valence-electron chi connectivity index (χ1n) is 8.83. The first-order chi connectivity index (χ1) is 13.5. The first kappa shape index (κ1) is 20.6. The minimum Gasteiger partial charge on any atom is -0.396 e. The second-order valence-corrected chi connectivity index (χ2v) is 8.43. The molecule has 3 rings (SSSR count). The van der Waals surface area contributed by atoms with Crippen molar-refractivity contribution in [1.82, 2.24) is 9.55 Å². The fraction of sp³-hybridized carbons (Fsp3) is 0.250. The van der Waals surface area contributed by atoms with Crippen LogP contribution in [0.15, 0.2) is 63.0 Å². The van der Waals surface area contributed by atoms with Crippen molar-refractivity contribution < 1.29 is 9.90 Å². The molecule has 0 radical (unpaired) electrons. The van der Waals surface area contributed by atoms with Gasteiger partial charge in [-0.3, -0.25) is 14.2 Å². The number of nitrogens with zero attached hydrogens (tertiary/aromatic N) is 2. The van der Waals surface area contributed by atoms with Gasteiger partial charge < -0.3 is 10.4 Å². The molecule has 1 heterocycles. The molecule has 8 heteroatoms. The number of carbonyl (C=O) groups excluding carboxylic acids is 1. The lowest BCUT2D eigenvalue weighted by molar-refractivity contribution is -0.115. The summed E-state index contributed by atoms with van der Waals surface area (Å²) in [5.41, 5.74) is 1.13. The van der Waals surface area contributed by atoms with Gasteiger partial charge in [0.2, 0.25) is 5.91 Å². The van der Waals surface area contributed by atoms with Crippen molar-refractivity contribution in [1.29, 1.82) is 0 Å². The number of rotatable bonds is 7.